The van der Waals surface area contributed by atoms with Crippen LogP contribution < -0.4 is 15.4 Å². The van der Waals surface area contributed by atoms with Gasteiger partial charge in [0.1, 0.15) is 16.7 Å². The molecule has 138 valence electrons. The monoisotopic (exact) mass is 381 g/mol. The van der Waals surface area contributed by atoms with Gasteiger partial charge in [-0.15, -0.1) is 0 Å². The highest BCUT2D eigenvalue weighted by molar-refractivity contribution is 7.86. The molecule has 1 unspecified atom stereocenters. The van der Waals surface area contributed by atoms with Crippen LogP contribution in [0.3, 0.4) is 0 Å². The Balaban J connectivity index is 1.79. The van der Waals surface area contributed by atoms with Crippen molar-refractivity contribution in [2.24, 2.45) is 5.73 Å². The molecule has 0 saturated heterocycles. The van der Waals surface area contributed by atoms with Gasteiger partial charge in [0.05, 0.1) is 17.0 Å². The Morgan fingerprint density at radius 2 is 2.15 bits per heavy atom. The van der Waals surface area contributed by atoms with Gasteiger partial charge in [-0.25, -0.2) is 9.19 Å². The number of nitrogens with two attached hydrogens (primary N) is 1. The third-order valence-corrected chi connectivity index (χ3v) is 5.94. The van der Waals surface area contributed by atoms with Crippen molar-refractivity contribution in [3.05, 3.63) is 54.0 Å². The van der Waals surface area contributed by atoms with Gasteiger partial charge in [-0.1, -0.05) is 6.07 Å². The summed E-state index contributed by atoms with van der Waals surface area (Å²) in [5.41, 5.74) is 10.3. The fraction of sp³-hybridized carbons (Fsp3) is 0.211. The number of hydrogen-bond donors (Lipinski definition) is 2. The molecule has 0 spiro atoms. The Bertz CT molecular complexity index is 1070. The third-order valence-electron chi connectivity index (χ3n) is 4.58. The van der Waals surface area contributed by atoms with Crippen LogP contribution in [0.25, 0.3) is 22.0 Å². The average Bonchev–Trinajstić information content (AvgIpc) is 2.98. The number of fused-ring (bicyclic) bond motifs is 2. The topological polar surface area (TPSA) is 101 Å². The summed E-state index contributed by atoms with van der Waals surface area (Å²) in [5.74, 6) is 0.244. The van der Waals surface area contributed by atoms with Crippen molar-refractivity contribution in [1.82, 2.24) is 15.3 Å². The van der Waals surface area contributed by atoms with E-state index in [0.717, 1.165) is 27.8 Å². The van der Waals surface area contributed by atoms with Crippen molar-refractivity contribution in [2.75, 3.05) is 24.4 Å². The zero-order valence-corrected chi connectivity index (χ0v) is 15.6. The first-order chi connectivity index (χ1) is 13.1. The largest absolute Gasteiger partial charge is 0.349 e. The Hall–Kier alpha value is -2.84. The van der Waals surface area contributed by atoms with E-state index in [-0.39, 0.29) is 5.91 Å². The van der Waals surface area contributed by atoms with Gasteiger partial charge in [0.15, 0.2) is 0 Å². The molecule has 27 heavy (non-hydrogen) atoms. The van der Waals surface area contributed by atoms with Crippen molar-refractivity contribution in [3.8, 4) is 11.1 Å². The van der Waals surface area contributed by atoms with Crippen molar-refractivity contribution >= 4 is 33.5 Å². The van der Waals surface area contributed by atoms with Crippen molar-refractivity contribution in [1.29, 1.82) is 0 Å². The van der Waals surface area contributed by atoms with Crippen LogP contribution in [0.4, 0.5) is 5.69 Å². The Morgan fingerprint density at radius 3 is 2.96 bits per heavy atom. The van der Waals surface area contributed by atoms with E-state index in [0.29, 0.717) is 30.1 Å². The summed E-state index contributed by atoms with van der Waals surface area (Å²) in [6.07, 6.45) is 3.47. The number of rotatable bonds is 4. The minimum absolute atomic E-state index is 0.254. The zero-order valence-electron chi connectivity index (χ0n) is 14.8. The van der Waals surface area contributed by atoms with Crippen LogP contribution in [0.2, 0.25) is 0 Å². The number of aromatic nitrogens is 2. The first-order valence-corrected chi connectivity index (χ1v) is 9.84. The predicted octanol–water partition coefficient (Wildman–Crippen LogP) is 1.60. The van der Waals surface area contributed by atoms with Crippen molar-refractivity contribution in [3.63, 3.8) is 0 Å². The van der Waals surface area contributed by atoms with Gasteiger partial charge in [-0.2, -0.15) is 0 Å². The molecular formula is C19H19N5O2S. The summed E-state index contributed by atoms with van der Waals surface area (Å²) < 4.78 is 13.8. The van der Waals surface area contributed by atoms with Crippen LogP contribution in [0.15, 0.2) is 42.7 Å². The van der Waals surface area contributed by atoms with Crippen LogP contribution in [-0.2, 0) is 16.7 Å². The van der Waals surface area contributed by atoms with Gasteiger partial charge in [-0.05, 0) is 35.4 Å². The normalized spacial score (nSPS) is 15.8. The fourth-order valence-corrected chi connectivity index (χ4v) is 4.26. The summed E-state index contributed by atoms with van der Waals surface area (Å²) in [6, 6.07) is 9.48. The van der Waals surface area contributed by atoms with Crippen molar-refractivity contribution in [2.45, 2.75) is 5.75 Å². The Kier molecular flexibility index (Phi) is 4.59. The SMILES string of the molecule is CN1c2ccc(-c3cncc4ccc(C(=O)NCCN)nc34)cc2CS1=O. The van der Waals surface area contributed by atoms with Crippen LogP contribution >= 0.6 is 0 Å². The lowest BCUT2D eigenvalue weighted by Crippen LogP contribution is -2.29. The third kappa shape index (κ3) is 3.17. The highest BCUT2D eigenvalue weighted by Crippen LogP contribution is 2.35. The van der Waals surface area contributed by atoms with E-state index >= 15 is 0 Å². The molecule has 3 aromatic rings. The van der Waals surface area contributed by atoms with Crippen LogP contribution in [0.1, 0.15) is 16.1 Å². The summed E-state index contributed by atoms with van der Waals surface area (Å²) in [7, 11) is 0.798. The van der Waals surface area contributed by atoms with Gasteiger partial charge < -0.3 is 11.1 Å². The molecule has 1 atom stereocenters. The smallest absolute Gasteiger partial charge is 0.269 e. The van der Waals surface area contributed by atoms with E-state index in [1.807, 2.05) is 31.3 Å². The second kappa shape index (κ2) is 7.05. The lowest BCUT2D eigenvalue weighted by atomic mass is 10.0. The maximum Gasteiger partial charge on any atom is 0.269 e. The number of carbonyl (C=O) groups is 1. The fourth-order valence-electron chi connectivity index (χ4n) is 3.17. The van der Waals surface area contributed by atoms with Crippen molar-refractivity contribution < 1.29 is 9.00 Å². The molecule has 4 rings (SSSR count). The average molecular weight is 381 g/mol. The molecule has 1 aliphatic heterocycles. The summed E-state index contributed by atoms with van der Waals surface area (Å²) in [4.78, 5) is 21.1. The van der Waals surface area contributed by atoms with E-state index in [4.69, 9.17) is 5.73 Å². The van der Waals surface area contributed by atoms with E-state index in [1.54, 1.807) is 22.8 Å². The second-order valence-corrected chi connectivity index (χ2v) is 7.79. The van der Waals surface area contributed by atoms with Gasteiger partial charge >= 0.3 is 0 Å². The lowest BCUT2D eigenvalue weighted by Gasteiger charge is -2.11. The molecule has 3 N–H and O–H groups in total. The molecule has 0 radical (unpaired) electrons. The molecule has 8 heteroatoms. The maximum absolute atomic E-state index is 12.2. The molecule has 0 bridgehead atoms. The molecule has 3 heterocycles. The first-order valence-electron chi connectivity index (χ1n) is 8.57. The van der Waals surface area contributed by atoms with Crippen LogP contribution in [0.5, 0.6) is 0 Å². The number of anilines is 1. The lowest BCUT2D eigenvalue weighted by molar-refractivity contribution is 0.0950. The second-order valence-electron chi connectivity index (χ2n) is 6.31. The molecule has 2 aromatic heterocycles. The molecule has 0 saturated carbocycles. The molecule has 1 aromatic carbocycles. The van der Waals surface area contributed by atoms with Gasteiger partial charge in [0, 0.05) is 43.5 Å². The quantitative estimate of drug-likeness (QED) is 0.715. The van der Waals surface area contributed by atoms with E-state index < -0.39 is 11.0 Å². The van der Waals surface area contributed by atoms with E-state index in [2.05, 4.69) is 15.3 Å². The Morgan fingerprint density at radius 1 is 1.30 bits per heavy atom. The van der Waals surface area contributed by atoms with Crippen LogP contribution in [0, 0.1) is 0 Å². The minimum atomic E-state index is -1.03. The number of pyridine rings is 2. The van der Waals surface area contributed by atoms with E-state index in [9.17, 15) is 9.00 Å². The predicted molar refractivity (Wildman–Crippen MR) is 107 cm³/mol. The standard InChI is InChI=1S/C19H19N5O2S/c1-24-17-5-3-12(8-14(17)11-27(24)26)15-10-21-9-13-2-4-16(23-18(13)15)19(25)22-7-6-20/h2-5,8-10H,6-7,11,20H2,1H3,(H,22,25). The summed E-state index contributed by atoms with van der Waals surface area (Å²) in [5, 5.41) is 3.59. The minimum Gasteiger partial charge on any atom is -0.349 e. The van der Waals surface area contributed by atoms with E-state index in [1.165, 1.54) is 0 Å². The Labute approximate surface area is 159 Å². The molecule has 0 aliphatic carbocycles. The zero-order chi connectivity index (χ0) is 19.0. The number of hydrogen-bond acceptors (Lipinski definition) is 5. The van der Waals surface area contributed by atoms with Gasteiger partial charge in [0.2, 0.25) is 0 Å². The highest BCUT2D eigenvalue weighted by atomic mass is 32.2. The molecule has 1 amide bonds. The molecular weight excluding hydrogens is 362 g/mol. The van der Waals surface area contributed by atoms with Gasteiger partial charge in [0.25, 0.3) is 5.91 Å². The molecule has 7 nitrogen and oxygen atoms in total. The van der Waals surface area contributed by atoms with Gasteiger partial charge in [-0.3, -0.25) is 14.1 Å². The maximum atomic E-state index is 12.2. The van der Waals surface area contributed by atoms with Crippen LogP contribution in [-0.4, -0.2) is 40.2 Å². The highest BCUT2D eigenvalue weighted by Gasteiger charge is 2.23. The number of benzene rings is 1. The first kappa shape index (κ1) is 17.6. The molecule has 0 fully saturated rings. The summed E-state index contributed by atoms with van der Waals surface area (Å²) >= 11 is 0. The number of amides is 1. The number of nitrogens with zero attached hydrogens (tertiary/aromatic N) is 3. The number of carbonyl (C=O) groups excluding carboxylic acids is 1. The number of nitrogens with one attached hydrogen (secondary N) is 1. The molecule has 1 aliphatic rings. The summed E-state index contributed by atoms with van der Waals surface area (Å²) in [6.45, 7) is 0.774.